The summed E-state index contributed by atoms with van der Waals surface area (Å²) in [5, 5.41) is 0. The highest BCUT2D eigenvalue weighted by atomic mass is 32.2. The molecule has 0 unspecified atom stereocenters. The molecule has 0 atom stereocenters. The second kappa shape index (κ2) is 26.7. The summed E-state index contributed by atoms with van der Waals surface area (Å²) in [4.78, 5) is 5.34. The molecule has 0 amide bonds. The summed E-state index contributed by atoms with van der Waals surface area (Å²) in [6.45, 7) is 15.2. The second-order valence-electron chi connectivity index (χ2n) is 11.1. The van der Waals surface area contributed by atoms with E-state index in [1.54, 1.807) is 0 Å². The molecule has 2 heterocycles. The van der Waals surface area contributed by atoms with Gasteiger partial charge in [0, 0.05) is 46.0 Å². The zero-order valence-electron chi connectivity index (χ0n) is 27.2. The normalized spacial score (nSPS) is 15.7. The molecule has 8 heteroatoms. The summed E-state index contributed by atoms with van der Waals surface area (Å²) in [6, 6.07) is 0. The van der Waals surface area contributed by atoms with Crippen LogP contribution in [0, 0.1) is 0 Å². The van der Waals surface area contributed by atoms with Crippen LogP contribution in [0.15, 0.2) is 28.1 Å². The van der Waals surface area contributed by atoms with Crippen LogP contribution in [-0.2, 0) is 18.9 Å². The Morgan fingerprint density at radius 3 is 0.786 bits per heavy atom. The quantitative estimate of drug-likeness (QED) is 0.0767. The van der Waals surface area contributed by atoms with E-state index in [0.717, 1.165) is 52.1 Å². The van der Waals surface area contributed by atoms with Crippen LogP contribution in [0.25, 0.3) is 0 Å². The first-order chi connectivity index (χ1) is 20.7. The van der Waals surface area contributed by atoms with E-state index in [2.05, 4.69) is 27.7 Å². The third-order valence-corrected chi connectivity index (χ3v) is 12.9. The Balaban J connectivity index is 1.98. The van der Waals surface area contributed by atoms with Gasteiger partial charge < -0.3 is 18.9 Å². The largest absolute Gasteiger partial charge is 0.376 e. The smallest absolute Gasteiger partial charge is 0.0788 e. The van der Waals surface area contributed by atoms with E-state index in [9.17, 15) is 0 Å². The van der Waals surface area contributed by atoms with Crippen molar-refractivity contribution < 1.29 is 18.9 Å². The Morgan fingerprint density at radius 1 is 0.333 bits per heavy atom. The molecule has 0 fully saturated rings. The fourth-order valence-electron chi connectivity index (χ4n) is 4.51. The van der Waals surface area contributed by atoms with E-state index in [0.29, 0.717) is 26.4 Å². The van der Waals surface area contributed by atoms with E-state index < -0.39 is 0 Å². The van der Waals surface area contributed by atoms with Crippen molar-refractivity contribution >= 4 is 47.0 Å². The molecule has 0 saturated carbocycles. The number of hydrogen-bond acceptors (Lipinski definition) is 8. The maximum Gasteiger partial charge on any atom is 0.0788 e. The number of thioether (sulfide) groups is 4. The van der Waals surface area contributed by atoms with Gasteiger partial charge in [-0.3, -0.25) is 0 Å². The van der Waals surface area contributed by atoms with Gasteiger partial charge in [0.2, 0.25) is 0 Å². The molecule has 0 aliphatic carbocycles. The molecule has 0 spiro atoms. The van der Waals surface area contributed by atoms with Crippen molar-refractivity contribution in [3.8, 4) is 0 Å². The number of rotatable bonds is 28. The highest BCUT2D eigenvalue weighted by Gasteiger charge is 2.30. The van der Waals surface area contributed by atoms with Crippen LogP contribution >= 0.6 is 47.0 Å². The predicted octanol–water partition coefficient (Wildman–Crippen LogP) is 11.9. The van der Waals surface area contributed by atoms with Crippen LogP contribution in [-0.4, -0.2) is 52.9 Å². The molecular weight excluding hydrogens is 601 g/mol. The van der Waals surface area contributed by atoms with Crippen LogP contribution in [0.4, 0.5) is 0 Å². The lowest BCUT2D eigenvalue weighted by Crippen LogP contribution is -2.02. The zero-order chi connectivity index (χ0) is 30.1. The standard InChI is InChI=1S/C34H60O4S4/c1-5-9-13-17-21-35-25-29-30(26-36-22-18-14-10-6-2)40-33(39-29)34-41-31(27-37-23-19-15-11-7-3)32(42-34)28-38-24-20-16-12-8-4/h5-28H2,1-4H3. The van der Waals surface area contributed by atoms with Crippen molar-refractivity contribution in [2.45, 2.75) is 130 Å². The molecule has 0 radical (unpaired) electrons. The van der Waals surface area contributed by atoms with Crippen molar-refractivity contribution in [1.82, 2.24) is 0 Å². The molecule has 0 bridgehead atoms. The van der Waals surface area contributed by atoms with Gasteiger partial charge in [0.25, 0.3) is 0 Å². The minimum atomic E-state index is 0.694. The monoisotopic (exact) mass is 660 g/mol. The molecule has 0 N–H and O–H groups in total. The molecule has 0 aromatic rings. The number of unbranched alkanes of at least 4 members (excludes halogenated alkanes) is 12. The zero-order valence-corrected chi connectivity index (χ0v) is 30.5. The fraction of sp³-hybridized carbons (Fsp3) is 0.824. The van der Waals surface area contributed by atoms with Crippen molar-refractivity contribution in [3.05, 3.63) is 28.1 Å². The summed E-state index contributed by atoms with van der Waals surface area (Å²) in [5.74, 6) is 0. The summed E-state index contributed by atoms with van der Waals surface area (Å²) in [5.41, 5.74) is 0. The first-order valence-electron chi connectivity index (χ1n) is 16.9. The predicted molar refractivity (Wildman–Crippen MR) is 191 cm³/mol. The lowest BCUT2D eigenvalue weighted by Gasteiger charge is -2.08. The number of hydrogen-bond donors (Lipinski definition) is 0. The van der Waals surface area contributed by atoms with Gasteiger partial charge in [-0.25, -0.2) is 0 Å². The highest BCUT2D eigenvalue weighted by Crippen LogP contribution is 2.60. The molecule has 0 aromatic carbocycles. The molecule has 244 valence electrons. The van der Waals surface area contributed by atoms with Crippen LogP contribution < -0.4 is 0 Å². The van der Waals surface area contributed by atoms with Crippen molar-refractivity contribution in [1.29, 1.82) is 0 Å². The summed E-state index contributed by atoms with van der Waals surface area (Å²) >= 11 is 7.61. The van der Waals surface area contributed by atoms with E-state index in [1.165, 1.54) is 105 Å². The second-order valence-corrected chi connectivity index (χ2v) is 16.1. The Labute approximate surface area is 276 Å². The van der Waals surface area contributed by atoms with Crippen molar-refractivity contribution in [2.75, 3.05) is 52.9 Å². The molecule has 42 heavy (non-hydrogen) atoms. The van der Waals surface area contributed by atoms with Crippen LogP contribution in [0.5, 0.6) is 0 Å². The average molecular weight is 661 g/mol. The molecule has 0 saturated heterocycles. The van der Waals surface area contributed by atoms with Gasteiger partial charge in [-0.05, 0) is 25.7 Å². The van der Waals surface area contributed by atoms with Gasteiger partial charge in [0.1, 0.15) is 0 Å². The topological polar surface area (TPSA) is 36.9 Å². The molecule has 4 nitrogen and oxygen atoms in total. The minimum absolute atomic E-state index is 0.694. The fourth-order valence-corrected chi connectivity index (χ4v) is 10.0. The van der Waals surface area contributed by atoms with Gasteiger partial charge in [-0.2, -0.15) is 0 Å². The Hall–Kier alpha value is 0.460. The summed E-state index contributed by atoms with van der Waals surface area (Å²) in [7, 11) is 0. The SMILES string of the molecule is CCCCCCOCC1=C(COCCCCCC)SC(=C2SC(COCCCCCC)=C(COCCCCCC)S2)S1. The van der Waals surface area contributed by atoms with Gasteiger partial charge in [-0.1, -0.05) is 152 Å². The lowest BCUT2D eigenvalue weighted by atomic mass is 10.2. The van der Waals surface area contributed by atoms with E-state index in [4.69, 9.17) is 18.9 Å². The van der Waals surface area contributed by atoms with Crippen LogP contribution in [0.2, 0.25) is 0 Å². The van der Waals surface area contributed by atoms with Gasteiger partial charge >= 0.3 is 0 Å². The molecule has 2 rings (SSSR count). The molecule has 0 aromatic heterocycles. The number of ether oxygens (including phenoxy) is 4. The van der Waals surface area contributed by atoms with Crippen LogP contribution in [0.1, 0.15) is 130 Å². The van der Waals surface area contributed by atoms with Gasteiger partial charge in [0.05, 0.1) is 34.9 Å². The van der Waals surface area contributed by atoms with Crippen molar-refractivity contribution in [2.24, 2.45) is 0 Å². The first-order valence-corrected chi connectivity index (χ1v) is 20.2. The average Bonchev–Trinajstić information content (AvgIpc) is 3.60. The van der Waals surface area contributed by atoms with Gasteiger partial charge in [-0.15, -0.1) is 0 Å². The van der Waals surface area contributed by atoms with Crippen LogP contribution in [0.3, 0.4) is 0 Å². The summed E-state index contributed by atoms with van der Waals surface area (Å²) < 4.78 is 27.4. The molecule has 2 aliphatic heterocycles. The Kier molecular flexibility index (Phi) is 24.5. The van der Waals surface area contributed by atoms with Crippen molar-refractivity contribution in [3.63, 3.8) is 0 Å². The summed E-state index contributed by atoms with van der Waals surface area (Å²) in [6.07, 6.45) is 19.8. The maximum absolute atomic E-state index is 6.16. The Morgan fingerprint density at radius 2 is 0.571 bits per heavy atom. The molecule has 2 aliphatic rings. The van der Waals surface area contributed by atoms with E-state index in [-0.39, 0.29) is 0 Å². The van der Waals surface area contributed by atoms with E-state index >= 15 is 0 Å². The third kappa shape index (κ3) is 17.2. The minimum Gasteiger partial charge on any atom is -0.376 e. The first kappa shape index (κ1) is 38.6. The highest BCUT2D eigenvalue weighted by molar-refractivity contribution is 8.34. The third-order valence-electron chi connectivity index (χ3n) is 7.15. The van der Waals surface area contributed by atoms with Gasteiger partial charge in [0.15, 0.2) is 0 Å². The Bertz CT molecular complexity index is 672. The lowest BCUT2D eigenvalue weighted by molar-refractivity contribution is 0.146. The van der Waals surface area contributed by atoms with E-state index in [1.807, 2.05) is 47.0 Å². The maximum atomic E-state index is 6.16. The molecular formula is C34H60O4S4.